The van der Waals surface area contributed by atoms with Gasteiger partial charge >= 0.3 is 0 Å². The lowest BCUT2D eigenvalue weighted by molar-refractivity contribution is -0.131. The predicted molar refractivity (Wildman–Crippen MR) is 102 cm³/mol. The lowest BCUT2D eigenvalue weighted by Crippen LogP contribution is -2.46. The van der Waals surface area contributed by atoms with Gasteiger partial charge in [0.1, 0.15) is 17.6 Å². The Labute approximate surface area is 162 Å². The van der Waals surface area contributed by atoms with Gasteiger partial charge in [-0.05, 0) is 43.3 Å². The number of furan rings is 1. The minimum Gasteiger partial charge on any atom is -0.497 e. The molecule has 3 amide bonds. The highest BCUT2D eigenvalue weighted by Crippen LogP contribution is 2.27. The maximum Gasteiger partial charge on any atom is 0.242 e. The molecular formula is C20H23N3O5. The number of anilines is 1. The molecule has 28 heavy (non-hydrogen) atoms. The first-order valence-electron chi connectivity index (χ1n) is 9.03. The number of hydrogen-bond donors (Lipinski definition) is 2. The van der Waals surface area contributed by atoms with E-state index in [-0.39, 0.29) is 37.2 Å². The molecule has 1 aromatic carbocycles. The quantitative estimate of drug-likeness (QED) is 0.752. The van der Waals surface area contributed by atoms with Gasteiger partial charge < -0.3 is 24.7 Å². The van der Waals surface area contributed by atoms with Crippen molar-refractivity contribution in [2.75, 3.05) is 18.6 Å². The summed E-state index contributed by atoms with van der Waals surface area (Å²) < 4.78 is 10.3. The molecule has 0 aliphatic carbocycles. The summed E-state index contributed by atoms with van der Waals surface area (Å²) in [6, 6.07) is 9.86. The predicted octanol–water partition coefficient (Wildman–Crippen LogP) is 1.46. The smallest absolute Gasteiger partial charge is 0.242 e. The lowest BCUT2D eigenvalue weighted by atomic mass is 10.1. The van der Waals surface area contributed by atoms with Gasteiger partial charge in [-0.3, -0.25) is 14.4 Å². The van der Waals surface area contributed by atoms with Crippen molar-refractivity contribution in [3.8, 4) is 5.75 Å². The van der Waals surface area contributed by atoms with E-state index in [1.54, 1.807) is 55.3 Å². The van der Waals surface area contributed by atoms with Gasteiger partial charge in [0, 0.05) is 18.7 Å². The number of hydrogen-bond acceptors (Lipinski definition) is 5. The van der Waals surface area contributed by atoms with Crippen LogP contribution in [0, 0.1) is 5.92 Å². The Balaban J connectivity index is 1.52. The molecule has 2 aromatic rings. The van der Waals surface area contributed by atoms with Crippen molar-refractivity contribution in [1.29, 1.82) is 0 Å². The number of benzene rings is 1. The molecule has 2 N–H and O–H groups in total. The van der Waals surface area contributed by atoms with Crippen molar-refractivity contribution in [2.45, 2.75) is 25.9 Å². The van der Waals surface area contributed by atoms with E-state index in [2.05, 4.69) is 10.6 Å². The summed E-state index contributed by atoms with van der Waals surface area (Å²) in [7, 11) is 1.57. The number of ether oxygens (including phenoxy) is 1. The van der Waals surface area contributed by atoms with Gasteiger partial charge in [-0.15, -0.1) is 0 Å². The van der Waals surface area contributed by atoms with Crippen LogP contribution in [-0.4, -0.2) is 37.4 Å². The average molecular weight is 385 g/mol. The highest BCUT2D eigenvalue weighted by Gasteiger charge is 2.36. The maximum absolute atomic E-state index is 12.5. The molecule has 1 aromatic heterocycles. The van der Waals surface area contributed by atoms with E-state index in [1.165, 1.54) is 6.26 Å². The molecule has 1 unspecified atom stereocenters. The van der Waals surface area contributed by atoms with E-state index in [9.17, 15) is 14.4 Å². The van der Waals surface area contributed by atoms with Crippen LogP contribution in [0.2, 0.25) is 0 Å². The first-order chi connectivity index (χ1) is 13.5. The molecule has 2 heterocycles. The Kier molecular flexibility index (Phi) is 5.98. The van der Waals surface area contributed by atoms with Crippen LogP contribution in [0.3, 0.4) is 0 Å². The van der Waals surface area contributed by atoms with Crippen LogP contribution < -0.4 is 20.3 Å². The first kappa shape index (κ1) is 19.5. The number of rotatable bonds is 7. The molecule has 8 nitrogen and oxygen atoms in total. The zero-order valence-electron chi connectivity index (χ0n) is 15.8. The minimum absolute atomic E-state index is 0.110. The van der Waals surface area contributed by atoms with E-state index in [4.69, 9.17) is 9.15 Å². The van der Waals surface area contributed by atoms with Crippen LogP contribution in [0.25, 0.3) is 0 Å². The van der Waals surface area contributed by atoms with Crippen LogP contribution in [0.5, 0.6) is 5.75 Å². The van der Waals surface area contributed by atoms with Crippen LogP contribution in [0.4, 0.5) is 5.69 Å². The van der Waals surface area contributed by atoms with Crippen molar-refractivity contribution < 1.29 is 23.5 Å². The Bertz CT molecular complexity index is 832. The molecule has 1 fully saturated rings. The Morgan fingerprint density at radius 2 is 2.04 bits per heavy atom. The van der Waals surface area contributed by atoms with E-state index < -0.39 is 12.0 Å². The van der Waals surface area contributed by atoms with Crippen molar-refractivity contribution in [2.24, 2.45) is 5.92 Å². The second-order valence-electron chi connectivity index (χ2n) is 6.63. The summed E-state index contributed by atoms with van der Waals surface area (Å²) in [5.41, 5.74) is 0.713. The van der Waals surface area contributed by atoms with Gasteiger partial charge in [-0.25, -0.2) is 0 Å². The van der Waals surface area contributed by atoms with Crippen LogP contribution in [-0.2, 0) is 20.9 Å². The summed E-state index contributed by atoms with van der Waals surface area (Å²) in [6.07, 6.45) is 1.64. The van der Waals surface area contributed by atoms with E-state index in [1.807, 2.05) is 0 Å². The summed E-state index contributed by atoms with van der Waals surface area (Å²) in [5, 5.41) is 5.38. The molecule has 1 aliphatic heterocycles. The van der Waals surface area contributed by atoms with E-state index in [0.717, 1.165) is 0 Å². The maximum atomic E-state index is 12.5. The van der Waals surface area contributed by atoms with Crippen LogP contribution in [0.15, 0.2) is 47.1 Å². The SMILES string of the molecule is COc1ccc(N2CC(C(=O)N[C@@H](C)C(=O)NCc3ccco3)CC2=O)cc1. The molecule has 0 saturated carbocycles. The fourth-order valence-electron chi connectivity index (χ4n) is 3.03. The Hall–Kier alpha value is -3.29. The number of nitrogens with zero attached hydrogens (tertiary/aromatic N) is 1. The van der Waals surface area contributed by atoms with Gasteiger partial charge in [0.2, 0.25) is 17.7 Å². The molecule has 0 bridgehead atoms. The van der Waals surface area contributed by atoms with Gasteiger partial charge in [-0.2, -0.15) is 0 Å². The molecule has 0 radical (unpaired) electrons. The standard InChI is InChI=1S/C20H23N3O5/c1-13(19(25)21-11-17-4-3-9-28-17)22-20(26)14-10-18(24)23(12-14)15-5-7-16(27-2)8-6-15/h3-9,13-14H,10-12H2,1-2H3,(H,21,25)(H,22,26)/t13-,14?/m0/s1. The van der Waals surface area contributed by atoms with Gasteiger partial charge in [0.15, 0.2) is 0 Å². The minimum atomic E-state index is -0.715. The summed E-state index contributed by atoms with van der Waals surface area (Å²) in [5.74, 6) is 0.0590. The fourth-order valence-corrected chi connectivity index (χ4v) is 3.03. The largest absolute Gasteiger partial charge is 0.497 e. The van der Waals surface area contributed by atoms with Crippen LogP contribution in [0.1, 0.15) is 19.1 Å². The summed E-state index contributed by atoms with van der Waals surface area (Å²) in [6.45, 7) is 2.13. The zero-order chi connectivity index (χ0) is 20.1. The normalized spacial score (nSPS) is 17.3. The lowest BCUT2D eigenvalue weighted by Gasteiger charge is -2.18. The molecule has 0 spiro atoms. The first-order valence-corrected chi connectivity index (χ1v) is 9.03. The number of nitrogens with one attached hydrogen (secondary N) is 2. The van der Waals surface area contributed by atoms with Gasteiger partial charge in [0.25, 0.3) is 0 Å². The van der Waals surface area contributed by atoms with Crippen LogP contribution >= 0.6 is 0 Å². The Morgan fingerprint density at radius 3 is 2.68 bits per heavy atom. The monoisotopic (exact) mass is 385 g/mol. The zero-order valence-corrected chi connectivity index (χ0v) is 15.8. The molecule has 2 atom stereocenters. The molecule has 1 aliphatic rings. The second kappa shape index (κ2) is 8.60. The third-order valence-electron chi connectivity index (χ3n) is 4.65. The van der Waals surface area contributed by atoms with E-state index in [0.29, 0.717) is 17.2 Å². The van der Waals surface area contributed by atoms with Gasteiger partial charge in [-0.1, -0.05) is 0 Å². The average Bonchev–Trinajstić information content (AvgIpc) is 3.35. The Morgan fingerprint density at radius 1 is 1.29 bits per heavy atom. The number of carbonyl (C=O) groups is 3. The fraction of sp³-hybridized carbons (Fsp3) is 0.350. The molecular weight excluding hydrogens is 362 g/mol. The number of carbonyl (C=O) groups excluding carboxylic acids is 3. The molecule has 1 saturated heterocycles. The molecule has 3 rings (SSSR count). The van der Waals surface area contributed by atoms with Crippen molar-refractivity contribution >= 4 is 23.4 Å². The number of amides is 3. The van der Waals surface area contributed by atoms with Crippen molar-refractivity contribution in [1.82, 2.24) is 10.6 Å². The number of methoxy groups -OCH3 is 1. The molecule has 148 valence electrons. The topological polar surface area (TPSA) is 101 Å². The second-order valence-corrected chi connectivity index (χ2v) is 6.63. The van der Waals surface area contributed by atoms with Gasteiger partial charge in [0.05, 0.1) is 25.8 Å². The van der Waals surface area contributed by atoms with E-state index >= 15 is 0 Å². The highest BCUT2D eigenvalue weighted by atomic mass is 16.5. The third kappa shape index (κ3) is 4.51. The van der Waals surface area contributed by atoms with Crippen molar-refractivity contribution in [3.63, 3.8) is 0 Å². The van der Waals surface area contributed by atoms with Crippen molar-refractivity contribution in [3.05, 3.63) is 48.4 Å². The molecule has 8 heteroatoms. The summed E-state index contributed by atoms with van der Waals surface area (Å²) in [4.78, 5) is 38.5. The highest BCUT2D eigenvalue weighted by molar-refractivity contribution is 6.01. The summed E-state index contributed by atoms with van der Waals surface area (Å²) >= 11 is 0. The third-order valence-corrected chi connectivity index (χ3v) is 4.65.